The van der Waals surface area contributed by atoms with E-state index in [-0.39, 0.29) is 22.3 Å². The maximum atomic E-state index is 13.0. The zero-order chi connectivity index (χ0) is 67.4. The van der Waals surface area contributed by atoms with Gasteiger partial charge in [-0.1, -0.05) is 72.8 Å². The average molecular weight is 1330 g/mol. The van der Waals surface area contributed by atoms with Crippen LogP contribution >= 0.6 is 0 Å². The number of anilines is 4. The molecule has 8 fully saturated rings. The highest BCUT2D eigenvalue weighted by atomic mass is 19.3. The van der Waals surface area contributed by atoms with Crippen LogP contribution in [0.5, 0.6) is 0 Å². The fourth-order valence-corrected chi connectivity index (χ4v) is 14.3. The summed E-state index contributed by atoms with van der Waals surface area (Å²) in [5, 5.41) is 26.0. The Morgan fingerprint density at radius 3 is 0.698 bits per heavy atom. The van der Waals surface area contributed by atoms with Crippen molar-refractivity contribution in [2.24, 2.45) is 75.5 Å². The van der Waals surface area contributed by atoms with E-state index in [0.717, 1.165) is 118 Å². The molecular weight excluding hydrogens is 1250 g/mol. The van der Waals surface area contributed by atoms with E-state index >= 15 is 0 Å². The van der Waals surface area contributed by atoms with Gasteiger partial charge in [0.25, 0.3) is 49.3 Å². The standard InChI is InChI=1S/4C18H19F2N3O/c4*1-23-9-14(16(22-23)17(19)20)18(24)21-15-5-3-2-4-11(15)13-8-12(13)10-6-7-10/h4*2-5,9-10,12-13,17H,6-8H2,1H3,(H,21,24)/t4*12-,13-/m0000/s1. The minimum Gasteiger partial charge on any atom is -0.322 e. The lowest BCUT2D eigenvalue weighted by molar-refractivity contribution is 0.100. The molecule has 24 heteroatoms. The predicted molar refractivity (Wildman–Crippen MR) is 345 cm³/mol. The highest BCUT2D eigenvalue weighted by Crippen LogP contribution is 2.63. The average Bonchev–Trinajstić information content (AvgIpc) is 1.62. The maximum absolute atomic E-state index is 13.0. The van der Waals surface area contributed by atoms with E-state index in [9.17, 15) is 54.3 Å². The number of aryl methyl sites for hydroxylation is 4. The molecule has 4 heterocycles. The van der Waals surface area contributed by atoms with Gasteiger partial charge < -0.3 is 21.3 Å². The normalized spacial score (nSPS) is 22.7. The number of hydrogen-bond donors (Lipinski definition) is 4. The molecule has 8 aromatic rings. The first-order chi connectivity index (χ1) is 46.2. The summed E-state index contributed by atoms with van der Waals surface area (Å²) in [6.07, 6.45) is 9.36. The van der Waals surface area contributed by atoms with Crippen LogP contribution in [0.1, 0.15) is 213 Å². The number of benzene rings is 4. The van der Waals surface area contributed by atoms with E-state index in [4.69, 9.17) is 0 Å². The first-order valence-corrected chi connectivity index (χ1v) is 33.1. The molecule has 0 unspecified atom stereocenters. The molecule has 0 bridgehead atoms. The monoisotopic (exact) mass is 1320 g/mol. The van der Waals surface area contributed by atoms with Gasteiger partial charge in [0.2, 0.25) is 0 Å². The lowest BCUT2D eigenvalue weighted by atomic mass is 10.0. The Balaban J connectivity index is 0.000000116. The van der Waals surface area contributed by atoms with E-state index in [1.807, 2.05) is 97.1 Å². The number of carbonyl (C=O) groups excluding carboxylic acids is 4. The SMILES string of the molecule is Cn1cc(C(=O)Nc2ccccc2[C@@H]2C[C@H]2C2CC2)c(C(F)F)n1.Cn1cc(C(=O)Nc2ccccc2[C@@H]2C[C@H]2C2CC2)c(C(F)F)n1.Cn1cc(C(=O)Nc2ccccc2[C@@H]2C[C@H]2C2CC2)c(C(F)F)n1.Cn1cc(C(=O)Nc2ccccc2[C@@H]2C[C@H]2C2CC2)c(C(F)F)n1. The van der Waals surface area contributed by atoms with Crippen LogP contribution in [-0.2, 0) is 28.2 Å². The molecular formula is C72H76F8N12O4. The molecule has 96 heavy (non-hydrogen) atoms. The van der Waals surface area contributed by atoms with E-state index in [1.54, 1.807) is 0 Å². The second-order valence-electron chi connectivity index (χ2n) is 27.1. The van der Waals surface area contributed by atoms with Crippen molar-refractivity contribution < 1.29 is 54.3 Å². The Kier molecular flexibility index (Phi) is 18.7. The number of aromatic nitrogens is 8. The fourth-order valence-electron chi connectivity index (χ4n) is 14.3. The summed E-state index contributed by atoms with van der Waals surface area (Å²) >= 11 is 0. The highest BCUT2D eigenvalue weighted by Gasteiger charge is 2.52. The van der Waals surface area contributed by atoms with Crippen LogP contribution in [0.15, 0.2) is 122 Å². The molecule has 0 radical (unpaired) electrons. The van der Waals surface area contributed by atoms with Gasteiger partial charge in [0.1, 0.15) is 22.8 Å². The molecule has 8 aliphatic carbocycles. The molecule has 4 amide bonds. The van der Waals surface area contributed by atoms with Crippen molar-refractivity contribution in [1.82, 2.24) is 39.1 Å². The zero-order valence-corrected chi connectivity index (χ0v) is 53.5. The zero-order valence-electron chi connectivity index (χ0n) is 53.5. The van der Waals surface area contributed by atoms with Crippen LogP contribution in [0, 0.1) is 47.3 Å². The number of para-hydroxylation sites is 4. The van der Waals surface area contributed by atoms with Gasteiger partial charge in [0, 0.05) is 75.7 Å². The van der Waals surface area contributed by atoms with Gasteiger partial charge in [-0.15, -0.1) is 0 Å². The first-order valence-electron chi connectivity index (χ1n) is 33.1. The van der Waals surface area contributed by atoms with Crippen LogP contribution in [-0.4, -0.2) is 62.8 Å². The quantitative estimate of drug-likeness (QED) is 0.0543. The number of hydrogen-bond acceptors (Lipinski definition) is 8. The molecule has 16 nitrogen and oxygen atoms in total. The Morgan fingerprint density at radius 2 is 0.521 bits per heavy atom. The largest absolute Gasteiger partial charge is 0.322 e. The summed E-state index contributed by atoms with van der Waals surface area (Å²) in [6, 6.07) is 30.7. The molecule has 4 aromatic heterocycles. The Hall–Kier alpha value is -8.96. The van der Waals surface area contributed by atoms with Crippen molar-refractivity contribution in [2.75, 3.05) is 21.3 Å². The summed E-state index contributed by atoms with van der Waals surface area (Å²) in [7, 11) is 6.12. The lowest BCUT2D eigenvalue weighted by Crippen LogP contribution is -2.14. The van der Waals surface area contributed by atoms with Gasteiger partial charge in [-0.3, -0.25) is 37.9 Å². The highest BCUT2D eigenvalue weighted by molar-refractivity contribution is 6.07. The molecule has 8 aliphatic rings. The minimum atomic E-state index is -2.77. The molecule has 8 saturated carbocycles. The van der Waals surface area contributed by atoms with E-state index < -0.39 is 72.1 Å². The van der Waals surface area contributed by atoms with E-state index in [1.165, 1.54) is 123 Å². The number of halogens is 8. The maximum Gasteiger partial charge on any atom is 0.282 e. The summed E-state index contributed by atoms with van der Waals surface area (Å²) in [6.45, 7) is 0. The van der Waals surface area contributed by atoms with Crippen molar-refractivity contribution in [2.45, 2.75) is 126 Å². The molecule has 16 rings (SSSR count). The van der Waals surface area contributed by atoms with Crippen LogP contribution in [0.25, 0.3) is 0 Å². The number of amides is 4. The predicted octanol–water partition coefficient (Wildman–Crippen LogP) is 16.5. The smallest absolute Gasteiger partial charge is 0.282 e. The Morgan fingerprint density at radius 1 is 0.333 bits per heavy atom. The van der Waals surface area contributed by atoms with E-state index in [0.29, 0.717) is 23.7 Å². The van der Waals surface area contributed by atoms with Gasteiger partial charge >= 0.3 is 0 Å². The molecule has 0 aliphatic heterocycles. The van der Waals surface area contributed by atoms with Crippen molar-refractivity contribution in [3.8, 4) is 0 Å². The summed E-state index contributed by atoms with van der Waals surface area (Å²) in [5.41, 5.74) is 5.15. The summed E-state index contributed by atoms with van der Waals surface area (Å²) in [5.74, 6) is 6.03. The molecule has 504 valence electrons. The number of carbonyl (C=O) groups is 4. The number of nitrogens with zero attached hydrogens (tertiary/aromatic N) is 8. The Bertz CT molecular complexity index is 3660. The van der Waals surface area contributed by atoms with Crippen LogP contribution in [0.3, 0.4) is 0 Å². The summed E-state index contributed by atoms with van der Waals surface area (Å²) in [4.78, 5) is 49.9. The second-order valence-corrected chi connectivity index (χ2v) is 27.1. The first kappa shape index (κ1) is 65.7. The second kappa shape index (κ2) is 27.3. The molecule has 0 spiro atoms. The third kappa shape index (κ3) is 15.2. The molecule has 8 atom stereocenters. The van der Waals surface area contributed by atoms with E-state index in [2.05, 4.69) is 41.7 Å². The van der Waals surface area contributed by atoms with Crippen LogP contribution < -0.4 is 21.3 Å². The molecule has 4 aromatic carbocycles. The van der Waals surface area contributed by atoms with Gasteiger partial charge in [-0.25, -0.2) is 35.1 Å². The fraction of sp³-hybridized carbons (Fsp3) is 0.444. The van der Waals surface area contributed by atoms with Crippen molar-refractivity contribution >= 4 is 46.4 Å². The molecule has 4 N–H and O–H groups in total. The third-order valence-electron chi connectivity index (χ3n) is 19.9. The minimum absolute atomic E-state index is 0.0724. The van der Waals surface area contributed by atoms with Gasteiger partial charge in [-0.2, -0.15) is 20.4 Å². The number of alkyl halides is 8. The Labute approximate surface area is 550 Å². The molecule has 0 saturated heterocycles. The number of rotatable bonds is 20. The van der Waals surface area contributed by atoms with Gasteiger partial charge in [-0.05, 0) is 195 Å². The third-order valence-corrected chi connectivity index (χ3v) is 19.9. The van der Waals surface area contributed by atoms with Crippen LogP contribution in [0.2, 0.25) is 0 Å². The summed E-state index contributed by atoms with van der Waals surface area (Å²) < 4.78 is 109. The van der Waals surface area contributed by atoms with Crippen molar-refractivity contribution in [3.05, 3.63) is 189 Å². The lowest BCUT2D eigenvalue weighted by Gasteiger charge is -2.11. The van der Waals surface area contributed by atoms with Crippen molar-refractivity contribution in [1.29, 1.82) is 0 Å². The van der Waals surface area contributed by atoms with Gasteiger partial charge in [0.05, 0.1) is 22.3 Å². The van der Waals surface area contributed by atoms with Crippen molar-refractivity contribution in [3.63, 3.8) is 0 Å². The number of nitrogens with one attached hydrogen (secondary N) is 4. The van der Waals surface area contributed by atoms with Gasteiger partial charge in [0.15, 0.2) is 0 Å². The van der Waals surface area contributed by atoms with Crippen LogP contribution in [0.4, 0.5) is 57.9 Å². The topological polar surface area (TPSA) is 188 Å².